The molecule has 1 aliphatic rings. The summed E-state index contributed by atoms with van der Waals surface area (Å²) in [4.78, 5) is 4.97. The lowest BCUT2D eigenvalue weighted by Crippen LogP contribution is -2.14. The minimum atomic E-state index is 0.399. The molecule has 1 unspecified atom stereocenters. The lowest BCUT2D eigenvalue weighted by Gasteiger charge is -2.10. The minimum absolute atomic E-state index is 0.399. The van der Waals surface area contributed by atoms with Gasteiger partial charge in [0.25, 0.3) is 0 Å². The topological polar surface area (TPSA) is 24.4 Å². The molecule has 0 radical (unpaired) electrons. The van der Waals surface area contributed by atoms with Crippen molar-refractivity contribution in [3.8, 4) is 0 Å². The van der Waals surface area contributed by atoms with Crippen molar-refractivity contribution >= 4 is 5.71 Å². The quantitative estimate of drug-likeness (QED) is 0.832. The van der Waals surface area contributed by atoms with E-state index in [-0.39, 0.29) is 0 Å². The smallest absolute Gasteiger partial charge is 0.0722 e. The van der Waals surface area contributed by atoms with E-state index in [0.717, 1.165) is 25.2 Å². The number of nitrogens with one attached hydrogen (secondary N) is 1. The van der Waals surface area contributed by atoms with Crippen LogP contribution in [0, 0.1) is 0 Å². The van der Waals surface area contributed by atoms with Gasteiger partial charge in [-0.15, -0.1) is 0 Å². The molecule has 2 heteroatoms. The highest BCUT2D eigenvalue weighted by atomic mass is 15.0. The molecule has 0 bridgehead atoms. The van der Waals surface area contributed by atoms with Crippen LogP contribution in [0.1, 0.15) is 17.5 Å². The molecule has 1 fully saturated rings. The summed E-state index contributed by atoms with van der Waals surface area (Å²) in [5.74, 6) is 0. The van der Waals surface area contributed by atoms with Gasteiger partial charge < -0.3 is 5.32 Å². The molecular formula is C17H18N2. The highest BCUT2D eigenvalue weighted by molar-refractivity contribution is 6.12. The van der Waals surface area contributed by atoms with Gasteiger partial charge in [-0.2, -0.15) is 0 Å². The summed E-state index contributed by atoms with van der Waals surface area (Å²) in [7, 11) is 0. The summed E-state index contributed by atoms with van der Waals surface area (Å²) >= 11 is 0. The molecule has 19 heavy (non-hydrogen) atoms. The Hall–Kier alpha value is -1.93. The summed E-state index contributed by atoms with van der Waals surface area (Å²) in [6.07, 6.45) is 1.13. The van der Waals surface area contributed by atoms with Crippen molar-refractivity contribution in [3.05, 3.63) is 71.8 Å². The maximum absolute atomic E-state index is 4.97. The Bertz CT molecular complexity index is 498. The van der Waals surface area contributed by atoms with E-state index in [1.165, 1.54) is 11.1 Å². The zero-order chi connectivity index (χ0) is 12.9. The summed E-state index contributed by atoms with van der Waals surface area (Å²) in [6, 6.07) is 21.3. The molecule has 1 heterocycles. The average Bonchev–Trinajstić information content (AvgIpc) is 3.00. The fourth-order valence-corrected chi connectivity index (χ4v) is 2.44. The third-order valence-electron chi connectivity index (χ3n) is 3.44. The fourth-order valence-electron chi connectivity index (χ4n) is 2.44. The van der Waals surface area contributed by atoms with Crippen LogP contribution in [-0.4, -0.2) is 24.8 Å². The number of nitrogens with zero attached hydrogens (tertiary/aromatic N) is 1. The van der Waals surface area contributed by atoms with Crippen molar-refractivity contribution in [2.75, 3.05) is 13.1 Å². The Kier molecular flexibility index (Phi) is 3.70. The van der Waals surface area contributed by atoms with Crippen LogP contribution in [-0.2, 0) is 0 Å². The molecule has 0 saturated carbocycles. The van der Waals surface area contributed by atoms with Crippen LogP contribution in [0.4, 0.5) is 0 Å². The molecule has 1 atom stereocenters. The average molecular weight is 250 g/mol. The maximum Gasteiger partial charge on any atom is 0.0722 e. The highest BCUT2D eigenvalue weighted by Crippen LogP contribution is 2.14. The number of hydrogen-bond donors (Lipinski definition) is 1. The van der Waals surface area contributed by atoms with Gasteiger partial charge in [-0.3, -0.25) is 4.99 Å². The van der Waals surface area contributed by atoms with Crippen molar-refractivity contribution < 1.29 is 0 Å². The van der Waals surface area contributed by atoms with Crippen LogP contribution >= 0.6 is 0 Å². The molecular weight excluding hydrogens is 232 g/mol. The van der Waals surface area contributed by atoms with E-state index in [9.17, 15) is 0 Å². The van der Waals surface area contributed by atoms with E-state index in [2.05, 4.69) is 53.8 Å². The predicted octanol–water partition coefficient (Wildman–Crippen LogP) is 2.89. The fraction of sp³-hybridized carbons (Fsp3) is 0.235. The van der Waals surface area contributed by atoms with Crippen LogP contribution in [0.15, 0.2) is 65.7 Å². The lowest BCUT2D eigenvalue weighted by atomic mass is 10.0. The van der Waals surface area contributed by atoms with Crippen molar-refractivity contribution in [2.45, 2.75) is 12.5 Å². The molecule has 1 N–H and O–H groups in total. The largest absolute Gasteiger partial charge is 0.315 e. The van der Waals surface area contributed by atoms with Gasteiger partial charge in [0.15, 0.2) is 0 Å². The normalized spacial score (nSPS) is 18.2. The summed E-state index contributed by atoms with van der Waals surface area (Å²) in [5, 5.41) is 3.37. The zero-order valence-corrected chi connectivity index (χ0v) is 10.9. The summed E-state index contributed by atoms with van der Waals surface area (Å²) in [5.41, 5.74) is 3.50. The van der Waals surface area contributed by atoms with E-state index < -0.39 is 0 Å². The second-order valence-corrected chi connectivity index (χ2v) is 4.86. The highest BCUT2D eigenvalue weighted by Gasteiger charge is 2.15. The van der Waals surface area contributed by atoms with E-state index in [1.807, 2.05) is 12.1 Å². The van der Waals surface area contributed by atoms with Crippen LogP contribution in [0.3, 0.4) is 0 Å². The Morgan fingerprint density at radius 2 is 1.47 bits per heavy atom. The van der Waals surface area contributed by atoms with Gasteiger partial charge in [-0.1, -0.05) is 60.7 Å². The SMILES string of the molecule is c1ccc(C(=NC2CCNC2)c2ccccc2)cc1. The molecule has 0 aliphatic carbocycles. The monoisotopic (exact) mass is 250 g/mol. The molecule has 1 aliphatic heterocycles. The van der Waals surface area contributed by atoms with Gasteiger partial charge in [0.2, 0.25) is 0 Å². The standard InChI is InChI=1S/C17H18N2/c1-3-7-14(8-4-1)17(15-9-5-2-6-10-15)19-16-11-12-18-13-16/h1-10,16,18H,11-13H2. The predicted molar refractivity (Wildman–Crippen MR) is 79.8 cm³/mol. The third-order valence-corrected chi connectivity index (χ3v) is 3.44. The Labute approximate surface area is 114 Å². The molecule has 3 rings (SSSR count). The van der Waals surface area contributed by atoms with Crippen molar-refractivity contribution in [3.63, 3.8) is 0 Å². The molecule has 1 saturated heterocycles. The van der Waals surface area contributed by atoms with Gasteiger partial charge in [-0.05, 0) is 13.0 Å². The second kappa shape index (κ2) is 5.81. The van der Waals surface area contributed by atoms with Crippen molar-refractivity contribution in [2.24, 2.45) is 4.99 Å². The van der Waals surface area contributed by atoms with Crippen molar-refractivity contribution in [1.82, 2.24) is 5.32 Å². The Balaban J connectivity index is 2.01. The molecule has 2 nitrogen and oxygen atoms in total. The van der Waals surface area contributed by atoms with E-state index in [0.29, 0.717) is 6.04 Å². The molecule has 96 valence electrons. The van der Waals surface area contributed by atoms with Crippen LogP contribution in [0.2, 0.25) is 0 Å². The molecule has 2 aromatic rings. The van der Waals surface area contributed by atoms with Gasteiger partial charge in [0.05, 0.1) is 11.8 Å². The van der Waals surface area contributed by atoms with E-state index >= 15 is 0 Å². The third kappa shape index (κ3) is 2.91. The number of rotatable bonds is 3. The van der Waals surface area contributed by atoms with E-state index in [4.69, 9.17) is 4.99 Å². The van der Waals surface area contributed by atoms with Gasteiger partial charge >= 0.3 is 0 Å². The van der Waals surface area contributed by atoms with Crippen LogP contribution in [0.5, 0.6) is 0 Å². The first-order valence-electron chi connectivity index (χ1n) is 6.83. The first kappa shape index (κ1) is 12.1. The molecule has 2 aromatic carbocycles. The molecule has 0 spiro atoms. The van der Waals surface area contributed by atoms with E-state index in [1.54, 1.807) is 0 Å². The second-order valence-electron chi connectivity index (χ2n) is 4.86. The zero-order valence-electron chi connectivity index (χ0n) is 10.9. The van der Waals surface area contributed by atoms with Crippen molar-refractivity contribution in [1.29, 1.82) is 0 Å². The Morgan fingerprint density at radius 1 is 0.895 bits per heavy atom. The number of benzene rings is 2. The van der Waals surface area contributed by atoms with Crippen LogP contribution < -0.4 is 5.32 Å². The number of aliphatic imine (C=N–C) groups is 1. The first-order valence-corrected chi connectivity index (χ1v) is 6.83. The number of hydrogen-bond acceptors (Lipinski definition) is 2. The van der Waals surface area contributed by atoms with Gasteiger partial charge in [0.1, 0.15) is 0 Å². The minimum Gasteiger partial charge on any atom is -0.315 e. The first-order chi connectivity index (χ1) is 9.43. The summed E-state index contributed by atoms with van der Waals surface area (Å²) in [6.45, 7) is 2.06. The Morgan fingerprint density at radius 3 is 1.95 bits per heavy atom. The van der Waals surface area contributed by atoms with Gasteiger partial charge in [0, 0.05) is 17.7 Å². The summed E-state index contributed by atoms with van der Waals surface area (Å²) < 4.78 is 0. The van der Waals surface area contributed by atoms with Gasteiger partial charge in [-0.25, -0.2) is 0 Å². The van der Waals surface area contributed by atoms with Crippen LogP contribution in [0.25, 0.3) is 0 Å². The molecule has 0 amide bonds. The lowest BCUT2D eigenvalue weighted by molar-refractivity contribution is 0.745. The molecule has 0 aromatic heterocycles. The maximum atomic E-state index is 4.97.